The normalized spacial score (nSPS) is 18.2. The van der Waals surface area contributed by atoms with Gasteiger partial charge in [-0.1, -0.05) is 22.0 Å². The van der Waals surface area contributed by atoms with Crippen LogP contribution in [0.3, 0.4) is 0 Å². The number of aliphatic imine (C=N–C) groups is 1. The van der Waals surface area contributed by atoms with Crippen LogP contribution in [0.4, 0.5) is 5.69 Å². The van der Waals surface area contributed by atoms with Crippen molar-refractivity contribution >= 4 is 45.2 Å². The summed E-state index contributed by atoms with van der Waals surface area (Å²) in [5.41, 5.74) is 1.34. The Hall–Kier alpha value is -3.95. The number of anilines is 1. The van der Waals surface area contributed by atoms with E-state index in [2.05, 4.69) is 42.9 Å². The van der Waals surface area contributed by atoms with Crippen molar-refractivity contribution in [1.82, 2.24) is 10.6 Å². The van der Waals surface area contributed by atoms with Crippen molar-refractivity contribution < 1.29 is 29.7 Å². The molecule has 11 nitrogen and oxygen atoms in total. The van der Waals surface area contributed by atoms with Crippen LogP contribution in [0.15, 0.2) is 45.9 Å². The number of nitrogens with zero attached hydrogens (tertiary/aromatic N) is 2. The number of hydrogen-bond donors (Lipinski definition) is 6. The lowest BCUT2D eigenvalue weighted by Crippen LogP contribution is -2.42. The summed E-state index contributed by atoms with van der Waals surface area (Å²) in [6.45, 7) is 0.193. The molecule has 0 saturated heterocycles. The maximum absolute atomic E-state index is 12.9. The average Bonchev–Trinajstić information content (AvgIpc) is 2.87. The van der Waals surface area contributed by atoms with Crippen molar-refractivity contribution in [3.8, 4) is 11.8 Å². The number of phenols is 1. The summed E-state index contributed by atoms with van der Waals surface area (Å²) in [6.07, 6.45) is 1.41. The van der Waals surface area contributed by atoms with Crippen molar-refractivity contribution in [3.05, 3.63) is 57.6 Å². The first-order valence-electron chi connectivity index (χ1n) is 12.9. The van der Waals surface area contributed by atoms with Crippen LogP contribution in [0.5, 0.6) is 5.75 Å². The number of guanidine groups is 1. The van der Waals surface area contributed by atoms with E-state index in [0.29, 0.717) is 28.2 Å². The van der Waals surface area contributed by atoms with E-state index in [4.69, 9.17) is 0 Å². The maximum atomic E-state index is 12.9. The van der Waals surface area contributed by atoms with E-state index in [1.807, 2.05) is 12.1 Å². The number of rotatable bonds is 10. The average molecular weight is 612 g/mol. The molecule has 1 heterocycles. The van der Waals surface area contributed by atoms with E-state index in [9.17, 15) is 35.0 Å². The molecule has 1 aliphatic carbocycles. The SMILES string of the molecule is N#CC1(c2cc(Br)cc([C@H](CC(=O)O)CC(=O)CNC(=O)c3cc(O)cc(NC4=NCC(O)CN4)c3)c2)CCC1. The first-order valence-corrected chi connectivity index (χ1v) is 13.7. The van der Waals surface area contributed by atoms with Crippen LogP contribution in [0.25, 0.3) is 0 Å². The van der Waals surface area contributed by atoms with Crippen LogP contribution in [-0.4, -0.2) is 64.7 Å². The molecule has 4 rings (SSSR count). The number of carbonyl (C=O) groups is 3. The van der Waals surface area contributed by atoms with Crippen LogP contribution in [0.1, 0.15) is 59.5 Å². The number of halogens is 1. The number of benzene rings is 2. The third-order valence-corrected chi connectivity index (χ3v) is 7.57. The van der Waals surface area contributed by atoms with Gasteiger partial charge in [0.05, 0.1) is 37.1 Å². The summed E-state index contributed by atoms with van der Waals surface area (Å²) in [7, 11) is 0. The zero-order valence-corrected chi connectivity index (χ0v) is 23.2. The van der Waals surface area contributed by atoms with Gasteiger partial charge in [-0.05, 0) is 54.7 Å². The van der Waals surface area contributed by atoms with Gasteiger partial charge in [0.1, 0.15) is 5.75 Å². The predicted molar refractivity (Wildman–Crippen MR) is 150 cm³/mol. The van der Waals surface area contributed by atoms with E-state index in [0.717, 1.165) is 24.8 Å². The Bertz CT molecular complexity index is 1380. The highest BCUT2D eigenvalue weighted by Crippen LogP contribution is 2.45. The fourth-order valence-electron chi connectivity index (χ4n) is 4.83. The van der Waals surface area contributed by atoms with Gasteiger partial charge in [-0.15, -0.1) is 0 Å². The number of carboxylic acids is 1. The number of amides is 1. The molecule has 0 spiro atoms. The first-order chi connectivity index (χ1) is 19.1. The molecule has 0 bridgehead atoms. The topological polar surface area (TPSA) is 184 Å². The van der Waals surface area contributed by atoms with E-state index >= 15 is 0 Å². The van der Waals surface area contributed by atoms with Crippen LogP contribution in [0.2, 0.25) is 0 Å². The number of aromatic hydroxyl groups is 1. The van der Waals surface area contributed by atoms with Gasteiger partial charge >= 0.3 is 5.97 Å². The number of aliphatic hydroxyl groups excluding tert-OH is 1. The number of phenolic OH excluding ortho intramolecular Hbond substituents is 1. The second kappa shape index (κ2) is 12.5. The summed E-state index contributed by atoms with van der Waals surface area (Å²) in [4.78, 5) is 41.4. The summed E-state index contributed by atoms with van der Waals surface area (Å²) in [5, 5.41) is 47.3. The Morgan fingerprint density at radius 3 is 2.58 bits per heavy atom. The summed E-state index contributed by atoms with van der Waals surface area (Å²) >= 11 is 3.46. The van der Waals surface area contributed by atoms with E-state index in [1.165, 1.54) is 18.2 Å². The van der Waals surface area contributed by atoms with Gasteiger partial charge in [0, 0.05) is 40.7 Å². The highest BCUT2D eigenvalue weighted by molar-refractivity contribution is 9.10. The number of aliphatic hydroxyl groups is 1. The molecule has 210 valence electrons. The predicted octanol–water partition coefficient (Wildman–Crippen LogP) is 2.78. The number of aliphatic carboxylic acids is 1. The fourth-order valence-corrected chi connectivity index (χ4v) is 5.34. The lowest BCUT2D eigenvalue weighted by Gasteiger charge is -2.36. The zero-order valence-electron chi connectivity index (χ0n) is 21.6. The van der Waals surface area contributed by atoms with Gasteiger partial charge in [-0.25, -0.2) is 0 Å². The van der Waals surface area contributed by atoms with Crippen molar-refractivity contribution in [1.29, 1.82) is 5.26 Å². The molecule has 6 N–H and O–H groups in total. The molecule has 1 aliphatic heterocycles. The molecule has 1 unspecified atom stereocenters. The molecular weight excluding hydrogens is 582 g/mol. The number of Topliss-reactive ketones (excluding diaryl/α,β-unsaturated/α-hetero) is 1. The van der Waals surface area contributed by atoms with Crippen molar-refractivity contribution in [3.63, 3.8) is 0 Å². The minimum absolute atomic E-state index is 0.104. The number of hydrogen-bond acceptors (Lipinski definition) is 9. The molecule has 12 heteroatoms. The molecule has 1 saturated carbocycles. The standard InChI is InChI=1S/C28H30BrN5O6/c29-20-5-16(4-19(10-20)28(15-30)2-1-3-28)17(9-25(38)39)7-23(36)12-31-26(40)18-6-21(11-22(35)8-18)34-27-32-13-24(37)14-33-27/h4-6,8,10-11,17,24,35,37H,1-3,7,9,12-14H2,(H,31,40)(H,38,39)(H2,32,33,34)/t17-/m0/s1. The van der Waals surface area contributed by atoms with Gasteiger partial charge in [0.25, 0.3) is 5.91 Å². The number of carboxylic acid groups (broad SMARTS) is 1. The lowest BCUT2D eigenvalue weighted by molar-refractivity contribution is -0.137. The number of β-amino-alcohol motifs (C(OH)–C–C–N with tert-alkyl or cyclic N) is 1. The minimum atomic E-state index is -1.06. The Morgan fingerprint density at radius 1 is 1.18 bits per heavy atom. The molecule has 2 aliphatic rings. The van der Waals surface area contributed by atoms with Crippen molar-refractivity contribution in [2.45, 2.75) is 49.5 Å². The summed E-state index contributed by atoms with van der Waals surface area (Å²) < 4.78 is 0.705. The highest BCUT2D eigenvalue weighted by atomic mass is 79.9. The maximum Gasteiger partial charge on any atom is 0.303 e. The number of nitriles is 1. The van der Waals surface area contributed by atoms with Gasteiger partial charge in [0.15, 0.2) is 11.7 Å². The number of nitrogens with one attached hydrogen (secondary N) is 3. The molecular formula is C28H30BrN5O6. The number of carbonyl (C=O) groups excluding carboxylic acids is 2. The largest absolute Gasteiger partial charge is 0.508 e. The van der Waals surface area contributed by atoms with Crippen LogP contribution >= 0.6 is 15.9 Å². The van der Waals surface area contributed by atoms with Gasteiger partial charge in [0.2, 0.25) is 0 Å². The van der Waals surface area contributed by atoms with Crippen molar-refractivity contribution in [2.24, 2.45) is 4.99 Å². The molecule has 0 aromatic heterocycles. The Kier molecular flexibility index (Phi) is 9.07. The second-order valence-corrected chi connectivity index (χ2v) is 11.1. The molecule has 0 radical (unpaired) electrons. The zero-order chi connectivity index (χ0) is 28.9. The monoisotopic (exact) mass is 611 g/mol. The van der Waals surface area contributed by atoms with Crippen LogP contribution in [0, 0.1) is 11.3 Å². The molecule has 1 fully saturated rings. The summed E-state index contributed by atoms with van der Waals surface area (Å²) in [6, 6.07) is 12.0. The van der Waals surface area contributed by atoms with Gasteiger partial charge in [-0.2, -0.15) is 5.26 Å². The molecule has 1 amide bonds. The van der Waals surface area contributed by atoms with Crippen LogP contribution in [-0.2, 0) is 15.0 Å². The Labute approximate surface area is 239 Å². The molecule has 40 heavy (non-hydrogen) atoms. The first kappa shape index (κ1) is 29.0. The van der Waals surface area contributed by atoms with Crippen molar-refractivity contribution in [2.75, 3.05) is 25.0 Å². The smallest absolute Gasteiger partial charge is 0.303 e. The molecule has 2 atom stereocenters. The minimum Gasteiger partial charge on any atom is -0.508 e. The third kappa shape index (κ3) is 7.16. The third-order valence-electron chi connectivity index (χ3n) is 7.11. The van der Waals surface area contributed by atoms with E-state index in [-0.39, 0.29) is 43.0 Å². The molecule has 2 aromatic rings. The fraction of sp³-hybridized carbons (Fsp3) is 0.393. The quantitative estimate of drug-likeness (QED) is 0.235. The van der Waals surface area contributed by atoms with Crippen LogP contribution < -0.4 is 16.0 Å². The number of ketones is 1. The van der Waals surface area contributed by atoms with E-state index < -0.39 is 29.3 Å². The van der Waals surface area contributed by atoms with E-state index in [1.54, 1.807) is 6.07 Å². The van der Waals surface area contributed by atoms with Gasteiger partial charge < -0.3 is 31.3 Å². The summed E-state index contributed by atoms with van der Waals surface area (Å²) in [5.74, 6) is -2.46. The Morgan fingerprint density at radius 2 is 1.95 bits per heavy atom. The van der Waals surface area contributed by atoms with Gasteiger partial charge in [-0.3, -0.25) is 19.4 Å². The Balaban J connectivity index is 1.42. The molecule has 2 aromatic carbocycles. The second-order valence-electron chi connectivity index (χ2n) is 10.2. The lowest BCUT2D eigenvalue weighted by atomic mass is 9.65. The highest BCUT2D eigenvalue weighted by Gasteiger charge is 2.39.